The summed E-state index contributed by atoms with van der Waals surface area (Å²) in [5, 5.41) is 5.32. The van der Waals surface area contributed by atoms with Crippen molar-refractivity contribution in [3.05, 3.63) is 28.2 Å². The van der Waals surface area contributed by atoms with Crippen LogP contribution in [0.3, 0.4) is 0 Å². The maximum atomic E-state index is 6.45. The molecule has 2 aliphatic rings. The van der Waals surface area contributed by atoms with E-state index in [1.54, 1.807) is 0 Å². The minimum absolute atomic E-state index is 0.600. The van der Waals surface area contributed by atoms with Gasteiger partial charge in [0.05, 0.1) is 10.7 Å². The first kappa shape index (κ1) is 15.5. The lowest BCUT2D eigenvalue weighted by molar-refractivity contribution is 0.246. The second-order valence-corrected chi connectivity index (χ2v) is 7.21. The van der Waals surface area contributed by atoms with Crippen molar-refractivity contribution in [1.29, 1.82) is 0 Å². The van der Waals surface area contributed by atoms with Crippen LogP contribution in [0.15, 0.2) is 18.2 Å². The van der Waals surface area contributed by atoms with Crippen LogP contribution in [0.2, 0.25) is 10.0 Å². The van der Waals surface area contributed by atoms with Gasteiger partial charge in [-0.3, -0.25) is 0 Å². The van der Waals surface area contributed by atoms with Crippen molar-refractivity contribution in [3.63, 3.8) is 0 Å². The lowest BCUT2D eigenvalue weighted by Crippen LogP contribution is -2.56. The third-order valence-corrected chi connectivity index (χ3v) is 5.40. The number of nitrogens with zero attached hydrogens (tertiary/aromatic N) is 1. The molecule has 0 amide bonds. The zero-order valence-electron chi connectivity index (χ0n) is 12.6. The molecule has 0 spiro atoms. The molecular formula is C17H24Cl2N2. The minimum Gasteiger partial charge on any atom is -0.364 e. The molecule has 2 heterocycles. The van der Waals surface area contributed by atoms with Crippen LogP contribution in [-0.2, 0) is 0 Å². The minimum atomic E-state index is 0.600. The van der Waals surface area contributed by atoms with E-state index >= 15 is 0 Å². The van der Waals surface area contributed by atoms with Gasteiger partial charge in [-0.15, -0.1) is 0 Å². The molecule has 1 aromatic carbocycles. The van der Waals surface area contributed by atoms with E-state index in [-0.39, 0.29) is 0 Å². The van der Waals surface area contributed by atoms with E-state index in [1.165, 1.54) is 38.5 Å². The van der Waals surface area contributed by atoms with Crippen LogP contribution in [0.1, 0.15) is 45.4 Å². The molecule has 116 valence electrons. The van der Waals surface area contributed by atoms with Gasteiger partial charge < -0.3 is 10.2 Å². The molecule has 0 saturated carbocycles. The van der Waals surface area contributed by atoms with Crippen molar-refractivity contribution in [3.8, 4) is 0 Å². The van der Waals surface area contributed by atoms with E-state index in [0.717, 1.165) is 22.3 Å². The number of benzene rings is 1. The van der Waals surface area contributed by atoms with Gasteiger partial charge in [0.1, 0.15) is 0 Å². The lowest BCUT2D eigenvalue weighted by Gasteiger charge is -2.50. The van der Waals surface area contributed by atoms with Crippen molar-refractivity contribution in [2.75, 3.05) is 11.4 Å². The zero-order valence-corrected chi connectivity index (χ0v) is 14.1. The van der Waals surface area contributed by atoms with Crippen LogP contribution in [0.25, 0.3) is 0 Å². The summed E-state index contributed by atoms with van der Waals surface area (Å²) in [6.07, 6.45) is 7.52. The van der Waals surface area contributed by atoms with E-state index in [0.29, 0.717) is 18.1 Å². The zero-order chi connectivity index (χ0) is 14.8. The Bertz CT molecular complexity index is 478. The van der Waals surface area contributed by atoms with Gasteiger partial charge in [-0.2, -0.15) is 0 Å². The van der Waals surface area contributed by atoms with Crippen LogP contribution >= 0.6 is 23.2 Å². The Morgan fingerprint density at radius 2 is 1.90 bits per heavy atom. The standard InChI is InChI=1S/C17H24Cl2N2/c1-2-8-20-13-10-14-4-3-5-15(11-13)21(14)17-9-12(18)6-7-16(17)19/h6-7,9,13-15,20H,2-5,8,10-11H2,1H3. The molecule has 0 radical (unpaired) electrons. The summed E-state index contributed by atoms with van der Waals surface area (Å²) in [5.41, 5.74) is 1.13. The predicted molar refractivity (Wildman–Crippen MR) is 91.7 cm³/mol. The fourth-order valence-corrected chi connectivity index (χ4v) is 4.36. The van der Waals surface area contributed by atoms with Gasteiger partial charge in [-0.1, -0.05) is 30.1 Å². The molecule has 2 unspecified atom stereocenters. The molecule has 2 nitrogen and oxygen atoms in total. The highest BCUT2D eigenvalue weighted by atomic mass is 35.5. The summed E-state index contributed by atoms with van der Waals surface area (Å²) in [6, 6.07) is 7.70. The van der Waals surface area contributed by atoms with Crippen molar-refractivity contribution >= 4 is 28.9 Å². The summed E-state index contributed by atoms with van der Waals surface area (Å²) >= 11 is 12.6. The summed E-state index contributed by atoms with van der Waals surface area (Å²) in [7, 11) is 0. The third kappa shape index (κ3) is 3.33. The second-order valence-electron chi connectivity index (χ2n) is 6.36. The molecule has 0 aromatic heterocycles. The molecule has 1 aromatic rings. The number of fused-ring (bicyclic) bond motifs is 2. The number of anilines is 1. The maximum Gasteiger partial charge on any atom is 0.0640 e. The largest absolute Gasteiger partial charge is 0.364 e. The Morgan fingerprint density at radius 1 is 1.19 bits per heavy atom. The van der Waals surface area contributed by atoms with Crippen LogP contribution in [0, 0.1) is 0 Å². The molecular weight excluding hydrogens is 303 g/mol. The van der Waals surface area contributed by atoms with E-state index < -0.39 is 0 Å². The molecule has 1 N–H and O–H groups in total. The summed E-state index contributed by atoms with van der Waals surface area (Å²) in [6.45, 7) is 3.36. The van der Waals surface area contributed by atoms with Gasteiger partial charge in [0.25, 0.3) is 0 Å². The quantitative estimate of drug-likeness (QED) is 0.847. The van der Waals surface area contributed by atoms with Crippen LogP contribution < -0.4 is 10.2 Å². The Morgan fingerprint density at radius 3 is 2.57 bits per heavy atom. The first-order chi connectivity index (χ1) is 10.2. The monoisotopic (exact) mass is 326 g/mol. The number of rotatable bonds is 4. The highest BCUT2D eigenvalue weighted by Crippen LogP contribution is 2.41. The van der Waals surface area contributed by atoms with E-state index in [2.05, 4.69) is 17.1 Å². The highest BCUT2D eigenvalue weighted by Gasteiger charge is 2.38. The van der Waals surface area contributed by atoms with Crippen LogP contribution in [-0.4, -0.2) is 24.7 Å². The first-order valence-electron chi connectivity index (χ1n) is 8.15. The van der Waals surface area contributed by atoms with Crippen molar-refractivity contribution < 1.29 is 0 Å². The SMILES string of the molecule is CCCNC1CC2CCCC(C1)N2c1cc(Cl)ccc1Cl. The van der Waals surface area contributed by atoms with Crippen molar-refractivity contribution in [1.82, 2.24) is 5.32 Å². The number of halogens is 2. The van der Waals surface area contributed by atoms with Crippen molar-refractivity contribution in [2.24, 2.45) is 0 Å². The fraction of sp³-hybridized carbons (Fsp3) is 0.647. The smallest absolute Gasteiger partial charge is 0.0640 e. The third-order valence-electron chi connectivity index (χ3n) is 4.84. The normalized spacial score (nSPS) is 28.7. The average Bonchev–Trinajstić information content (AvgIpc) is 2.46. The summed E-state index contributed by atoms with van der Waals surface area (Å²) in [5.74, 6) is 0. The van der Waals surface area contributed by atoms with Gasteiger partial charge in [0.15, 0.2) is 0 Å². The molecule has 21 heavy (non-hydrogen) atoms. The molecule has 2 fully saturated rings. The number of hydrogen-bond donors (Lipinski definition) is 1. The number of hydrogen-bond acceptors (Lipinski definition) is 2. The van der Waals surface area contributed by atoms with E-state index in [1.807, 2.05) is 18.2 Å². The molecule has 2 bridgehead atoms. The lowest BCUT2D eigenvalue weighted by atomic mass is 9.81. The summed E-state index contributed by atoms with van der Waals surface area (Å²) < 4.78 is 0. The molecule has 4 heteroatoms. The molecule has 2 saturated heterocycles. The Hall–Kier alpha value is -0.440. The fourth-order valence-electron chi connectivity index (χ4n) is 3.97. The van der Waals surface area contributed by atoms with Crippen LogP contribution in [0.5, 0.6) is 0 Å². The predicted octanol–water partition coefficient (Wildman–Crippen LogP) is 4.88. The Balaban J connectivity index is 1.82. The van der Waals surface area contributed by atoms with Crippen molar-refractivity contribution in [2.45, 2.75) is 63.6 Å². The number of nitrogens with one attached hydrogen (secondary N) is 1. The molecule has 3 rings (SSSR count). The van der Waals surface area contributed by atoms with Gasteiger partial charge in [0.2, 0.25) is 0 Å². The van der Waals surface area contributed by atoms with Crippen LogP contribution in [0.4, 0.5) is 5.69 Å². The van der Waals surface area contributed by atoms with E-state index in [9.17, 15) is 0 Å². The average molecular weight is 327 g/mol. The number of piperidine rings is 2. The van der Waals surface area contributed by atoms with Gasteiger partial charge in [-0.25, -0.2) is 0 Å². The Kier molecular flexibility index (Phi) is 4.98. The topological polar surface area (TPSA) is 15.3 Å². The van der Waals surface area contributed by atoms with Gasteiger partial charge in [0, 0.05) is 23.1 Å². The highest BCUT2D eigenvalue weighted by molar-refractivity contribution is 6.35. The Labute approximate surface area is 137 Å². The maximum absolute atomic E-state index is 6.45. The molecule has 2 aliphatic heterocycles. The van der Waals surface area contributed by atoms with E-state index in [4.69, 9.17) is 23.2 Å². The summed E-state index contributed by atoms with van der Waals surface area (Å²) in [4.78, 5) is 2.56. The van der Waals surface area contributed by atoms with Gasteiger partial charge >= 0.3 is 0 Å². The molecule has 2 atom stereocenters. The second kappa shape index (κ2) is 6.76. The van der Waals surface area contributed by atoms with Gasteiger partial charge in [-0.05, 0) is 63.3 Å². The first-order valence-corrected chi connectivity index (χ1v) is 8.91. The molecule has 0 aliphatic carbocycles.